The summed E-state index contributed by atoms with van der Waals surface area (Å²) >= 11 is 0. The molecule has 2 aromatic rings. The minimum absolute atomic E-state index is 0.937. The number of hydrogen-bond donors (Lipinski definition) is 0. The van der Waals surface area contributed by atoms with Crippen LogP contribution in [0.3, 0.4) is 0 Å². The lowest BCUT2D eigenvalue weighted by molar-refractivity contribution is 0.842. The van der Waals surface area contributed by atoms with Gasteiger partial charge in [0.25, 0.3) is 0 Å². The fraction of sp³-hybridized carbons (Fsp3) is 0.333. The van der Waals surface area contributed by atoms with Gasteiger partial charge in [-0.1, -0.05) is 6.92 Å². The molecule has 0 aliphatic carbocycles. The molecule has 0 aromatic carbocycles. The zero-order valence-electron chi connectivity index (χ0n) is 7.28. The van der Waals surface area contributed by atoms with Crippen molar-refractivity contribution < 1.29 is 0 Å². The van der Waals surface area contributed by atoms with Gasteiger partial charge in [0, 0.05) is 17.5 Å². The maximum absolute atomic E-state index is 4.34. The average Bonchev–Trinajstić information content (AvgIpc) is 2.50. The first kappa shape index (κ1) is 7.28. The summed E-state index contributed by atoms with van der Waals surface area (Å²) in [4.78, 5) is 4.34. The van der Waals surface area contributed by atoms with Crippen molar-refractivity contribution in [3.05, 3.63) is 29.7 Å². The number of aromatic nitrogens is 3. The predicted octanol–water partition coefficient (Wildman–Crippen LogP) is 1.60. The Morgan fingerprint density at radius 1 is 1.50 bits per heavy atom. The van der Waals surface area contributed by atoms with Gasteiger partial charge in [-0.3, -0.25) is 0 Å². The first-order valence-electron chi connectivity index (χ1n) is 4.11. The van der Waals surface area contributed by atoms with E-state index in [2.05, 4.69) is 23.1 Å². The zero-order chi connectivity index (χ0) is 8.55. The van der Waals surface area contributed by atoms with Crippen LogP contribution in [0.4, 0.5) is 0 Å². The molecule has 2 aromatic heterocycles. The van der Waals surface area contributed by atoms with E-state index in [1.165, 1.54) is 5.69 Å². The predicted molar refractivity (Wildman–Crippen MR) is 47.1 cm³/mol. The van der Waals surface area contributed by atoms with Gasteiger partial charge in [0.2, 0.25) is 0 Å². The van der Waals surface area contributed by atoms with Crippen LogP contribution in [-0.2, 0) is 6.42 Å². The van der Waals surface area contributed by atoms with E-state index in [0.717, 1.165) is 17.8 Å². The highest BCUT2D eigenvalue weighted by Gasteiger charge is 2.00. The molecule has 0 aliphatic rings. The maximum atomic E-state index is 4.34. The smallest absolute Gasteiger partial charge is 0.155 e. The van der Waals surface area contributed by atoms with Crippen molar-refractivity contribution in [3.63, 3.8) is 0 Å². The van der Waals surface area contributed by atoms with Crippen LogP contribution in [0, 0.1) is 6.92 Å². The third kappa shape index (κ3) is 0.978. The molecule has 62 valence electrons. The third-order valence-corrected chi connectivity index (χ3v) is 1.92. The molecule has 2 heterocycles. The van der Waals surface area contributed by atoms with E-state index in [0.29, 0.717) is 0 Å². The quantitative estimate of drug-likeness (QED) is 0.636. The van der Waals surface area contributed by atoms with Gasteiger partial charge < -0.3 is 0 Å². The van der Waals surface area contributed by atoms with Crippen molar-refractivity contribution in [2.75, 3.05) is 0 Å². The molecule has 3 nitrogen and oxygen atoms in total. The van der Waals surface area contributed by atoms with E-state index in [-0.39, 0.29) is 0 Å². The summed E-state index contributed by atoms with van der Waals surface area (Å²) in [7, 11) is 0. The van der Waals surface area contributed by atoms with Crippen LogP contribution in [0.1, 0.15) is 18.3 Å². The summed E-state index contributed by atoms with van der Waals surface area (Å²) in [6, 6.07) is 3.99. The largest absolute Gasteiger partial charge is 0.234 e. The Morgan fingerprint density at radius 3 is 3.08 bits per heavy atom. The van der Waals surface area contributed by atoms with Crippen LogP contribution in [0.25, 0.3) is 5.65 Å². The minimum atomic E-state index is 0.937. The number of hydrogen-bond acceptors (Lipinski definition) is 2. The van der Waals surface area contributed by atoms with Gasteiger partial charge in [-0.15, -0.1) is 0 Å². The van der Waals surface area contributed by atoms with Gasteiger partial charge >= 0.3 is 0 Å². The normalized spacial score (nSPS) is 10.8. The fourth-order valence-electron chi connectivity index (χ4n) is 1.37. The lowest BCUT2D eigenvalue weighted by Crippen LogP contribution is -1.99. The molecule has 12 heavy (non-hydrogen) atoms. The Kier molecular flexibility index (Phi) is 1.57. The van der Waals surface area contributed by atoms with E-state index in [9.17, 15) is 0 Å². The monoisotopic (exact) mass is 161 g/mol. The number of nitrogens with zero attached hydrogens (tertiary/aromatic N) is 3. The standard InChI is InChI=1S/C9H11N3/c1-3-8-6-7(2)11-9-4-5-10-12(8)9/h4-6H,3H2,1-2H3. The van der Waals surface area contributed by atoms with Crippen LogP contribution < -0.4 is 0 Å². The second kappa shape index (κ2) is 2.59. The van der Waals surface area contributed by atoms with Crippen molar-refractivity contribution in [1.29, 1.82) is 0 Å². The lowest BCUT2D eigenvalue weighted by atomic mass is 10.3. The van der Waals surface area contributed by atoms with E-state index in [4.69, 9.17) is 0 Å². The van der Waals surface area contributed by atoms with Gasteiger partial charge in [-0.25, -0.2) is 9.50 Å². The Morgan fingerprint density at radius 2 is 2.33 bits per heavy atom. The highest BCUT2D eigenvalue weighted by Crippen LogP contribution is 2.06. The van der Waals surface area contributed by atoms with Gasteiger partial charge in [0.15, 0.2) is 5.65 Å². The van der Waals surface area contributed by atoms with Crippen molar-refractivity contribution in [1.82, 2.24) is 14.6 Å². The molecule has 3 heteroatoms. The van der Waals surface area contributed by atoms with E-state index < -0.39 is 0 Å². The molecule has 0 bridgehead atoms. The van der Waals surface area contributed by atoms with Crippen LogP contribution in [0.15, 0.2) is 18.3 Å². The summed E-state index contributed by atoms with van der Waals surface area (Å²) in [6.07, 6.45) is 2.77. The second-order valence-corrected chi connectivity index (χ2v) is 2.84. The second-order valence-electron chi connectivity index (χ2n) is 2.84. The van der Waals surface area contributed by atoms with E-state index in [1.807, 2.05) is 17.5 Å². The van der Waals surface area contributed by atoms with E-state index >= 15 is 0 Å². The lowest BCUT2D eigenvalue weighted by Gasteiger charge is -2.01. The summed E-state index contributed by atoms with van der Waals surface area (Å²) < 4.78 is 1.88. The summed E-state index contributed by atoms with van der Waals surface area (Å²) in [6.45, 7) is 4.13. The summed E-state index contributed by atoms with van der Waals surface area (Å²) in [5.74, 6) is 0. The molecule has 0 atom stereocenters. The molecule has 0 amide bonds. The van der Waals surface area contributed by atoms with Crippen LogP contribution in [0.2, 0.25) is 0 Å². The SMILES string of the molecule is CCc1cc(C)nc2ccnn12. The highest BCUT2D eigenvalue weighted by atomic mass is 15.2. The summed E-state index contributed by atoms with van der Waals surface area (Å²) in [5.41, 5.74) is 3.20. The summed E-state index contributed by atoms with van der Waals surface area (Å²) in [5, 5.41) is 4.18. The van der Waals surface area contributed by atoms with Crippen molar-refractivity contribution >= 4 is 5.65 Å². The Labute approximate surface area is 71.1 Å². The molecular weight excluding hydrogens is 150 g/mol. The van der Waals surface area contributed by atoms with Gasteiger partial charge in [-0.2, -0.15) is 5.10 Å². The molecule has 0 radical (unpaired) electrons. The van der Waals surface area contributed by atoms with E-state index in [1.54, 1.807) is 6.20 Å². The number of fused-ring (bicyclic) bond motifs is 1. The van der Waals surface area contributed by atoms with Crippen LogP contribution in [0.5, 0.6) is 0 Å². The molecule has 0 N–H and O–H groups in total. The average molecular weight is 161 g/mol. The molecule has 2 rings (SSSR count). The van der Waals surface area contributed by atoms with Gasteiger partial charge in [0.1, 0.15) is 0 Å². The van der Waals surface area contributed by atoms with Crippen LogP contribution >= 0.6 is 0 Å². The molecule has 0 spiro atoms. The molecule has 0 saturated carbocycles. The van der Waals surface area contributed by atoms with Crippen molar-refractivity contribution in [3.8, 4) is 0 Å². The Bertz CT molecular complexity index is 403. The first-order chi connectivity index (χ1) is 5.81. The first-order valence-corrected chi connectivity index (χ1v) is 4.11. The number of rotatable bonds is 1. The number of aryl methyl sites for hydroxylation is 2. The third-order valence-electron chi connectivity index (χ3n) is 1.92. The Hall–Kier alpha value is -1.38. The highest BCUT2D eigenvalue weighted by molar-refractivity contribution is 5.38. The molecule has 0 saturated heterocycles. The van der Waals surface area contributed by atoms with Crippen LogP contribution in [-0.4, -0.2) is 14.6 Å². The Balaban J connectivity index is 2.80. The van der Waals surface area contributed by atoms with Crippen molar-refractivity contribution in [2.24, 2.45) is 0 Å². The molecule has 0 unspecified atom stereocenters. The van der Waals surface area contributed by atoms with Crippen molar-refractivity contribution in [2.45, 2.75) is 20.3 Å². The molecule has 0 fully saturated rings. The topological polar surface area (TPSA) is 30.2 Å². The molecular formula is C9H11N3. The zero-order valence-corrected chi connectivity index (χ0v) is 7.28. The fourth-order valence-corrected chi connectivity index (χ4v) is 1.37. The van der Waals surface area contributed by atoms with Gasteiger partial charge in [0.05, 0.1) is 6.20 Å². The maximum Gasteiger partial charge on any atom is 0.155 e. The minimum Gasteiger partial charge on any atom is -0.234 e. The van der Waals surface area contributed by atoms with Gasteiger partial charge in [-0.05, 0) is 19.4 Å². The molecule has 0 aliphatic heterocycles.